The smallest absolute Gasteiger partial charge is 0.257 e. The van der Waals surface area contributed by atoms with Crippen LogP contribution in [0.5, 0.6) is 0 Å². The third-order valence-corrected chi connectivity index (χ3v) is 12.1. The van der Waals surface area contributed by atoms with E-state index in [1.807, 2.05) is 9.80 Å². The molecule has 51 heavy (non-hydrogen) atoms. The van der Waals surface area contributed by atoms with E-state index >= 15 is 0 Å². The molecule has 0 N–H and O–H groups in total. The monoisotopic (exact) mass is 737 g/mol. The van der Waals surface area contributed by atoms with E-state index in [9.17, 15) is 17.6 Å². The molecule has 4 saturated heterocycles. The van der Waals surface area contributed by atoms with Crippen molar-refractivity contribution in [2.24, 2.45) is 45.3 Å². The molecule has 0 unspecified atom stereocenters. The van der Waals surface area contributed by atoms with Gasteiger partial charge in [0.2, 0.25) is 0 Å². The molecule has 0 aromatic rings. The molecule has 4 aliphatic rings. The van der Waals surface area contributed by atoms with Crippen molar-refractivity contribution in [3.8, 4) is 0 Å². The van der Waals surface area contributed by atoms with Crippen LogP contribution in [0.4, 0.5) is 17.6 Å². The predicted octanol–water partition coefficient (Wildman–Crippen LogP) is 11.4. The Kier molecular flexibility index (Phi) is 21.4. The van der Waals surface area contributed by atoms with E-state index in [0.29, 0.717) is 33.5 Å². The van der Waals surface area contributed by atoms with Crippen LogP contribution in [-0.4, -0.2) is 111 Å². The van der Waals surface area contributed by atoms with Gasteiger partial charge < -0.3 is 9.80 Å². The van der Waals surface area contributed by atoms with Gasteiger partial charge in [-0.1, -0.05) is 97.4 Å². The maximum Gasteiger partial charge on any atom is 0.257 e. The van der Waals surface area contributed by atoms with Crippen molar-refractivity contribution in [1.82, 2.24) is 19.6 Å². The topological polar surface area (TPSA) is 13.0 Å². The molecule has 4 aliphatic heterocycles. The lowest BCUT2D eigenvalue weighted by atomic mass is 9.75. The van der Waals surface area contributed by atoms with Crippen LogP contribution < -0.4 is 0 Å². The Hall–Kier alpha value is -0.440. The normalized spacial score (nSPS) is 22.1. The first kappa shape index (κ1) is 50.6. The van der Waals surface area contributed by atoms with Crippen LogP contribution in [-0.2, 0) is 0 Å². The summed E-state index contributed by atoms with van der Waals surface area (Å²) >= 11 is 0. The fourth-order valence-corrected chi connectivity index (χ4v) is 7.78. The van der Waals surface area contributed by atoms with Crippen molar-refractivity contribution < 1.29 is 17.6 Å². The molecule has 308 valence electrons. The second-order valence-electron chi connectivity index (χ2n) is 20.7. The van der Waals surface area contributed by atoms with Gasteiger partial charge in [0.1, 0.15) is 0 Å². The number of likely N-dealkylation sites (tertiary alicyclic amines) is 4. The van der Waals surface area contributed by atoms with Gasteiger partial charge in [-0.15, -0.1) is 0 Å². The summed E-state index contributed by atoms with van der Waals surface area (Å²) in [6.07, 6.45) is 4.84. The number of rotatable bonds is 5. The van der Waals surface area contributed by atoms with Gasteiger partial charge in [0.05, 0.1) is 13.1 Å². The second-order valence-corrected chi connectivity index (χ2v) is 20.7. The van der Waals surface area contributed by atoms with Crippen molar-refractivity contribution in [2.45, 2.75) is 155 Å². The van der Waals surface area contributed by atoms with E-state index in [-0.39, 0.29) is 20.5 Å². The predicted molar refractivity (Wildman–Crippen MR) is 215 cm³/mol. The van der Waals surface area contributed by atoms with Crippen molar-refractivity contribution in [1.29, 1.82) is 0 Å². The largest absolute Gasteiger partial charge is 0.306 e. The van der Waals surface area contributed by atoms with Gasteiger partial charge in [-0.3, -0.25) is 9.80 Å². The Morgan fingerprint density at radius 3 is 1.10 bits per heavy atom. The maximum atomic E-state index is 12.8. The number of hydrogen-bond donors (Lipinski definition) is 0. The van der Waals surface area contributed by atoms with Gasteiger partial charge in [0.15, 0.2) is 0 Å². The highest BCUT2D eigenvalue weighted by atomic mass is 19.3. The lowest BCUT2D eigenvalue weighted by molar-refractivity contribution is -0.0271. The van der Waals surface area contributed by atoms with Crippen LogP contribution in [0.25, 0.3) is 0 Å². The maximum absolute atomic E-state index is 12.8. The molecular weight excluding hydrogens is 648 g/mol. The first-order valence-corrected chi connectivity index (χ1v) is 20.1. The first-order chi connectivity index (χ1) is 22.6. The third-order valence-electron chi connectivity index (χ3n) is 12.1. The zero-order valence-corrected chi connectivity index (χ0v) is 35.7. The van der Waals surface area contributed by atoms with E-state index in [4.69, 9.17) is 0 Å². The lowest BCUT2D eigenvalue weighted by Gasteiger charge is -2.46. The molecule has 0 aliphatic carbocycles. The Bertz CT molecular complexity index is 879. The quantitative estimate of drug-likeness (QED) is 0.261. The summed E-state index contributed by atoms with van der Waals surface area (Å²) < 4.78 is 49.8. The van der Waals surface area contributed by atoms with Crippen LogP contribution in [0.3, 0.4) is 0 Å². The van der Waals surface area contributed by atoms with E-state index < -0.39 is 12.3 Å². The van der Waals surface area contributed by atoms with Crippen LogP contribution in [0, 0.1) is 45.3 Å². The van der Waals surface area contributed by atoms with E-state index in [1.165, 1.54) is 45.6 Å². The molecule has 4 rings (SSSR count). The number of halogens is 4. The highest BCUT2D eigenvalue weighted by molar-refractivity contribution is 4.87. The highest BCUT2D eigenvalue weighted by Gasteiger charge is 2.35. The SMILES string of the molecule is C.CC(C)(C)C1CCN(CC(F)F)CC1.CC(F)(F)CN1CCC(C(C)(C)C)CC1.CCN1CC(C(C)(C)C)C1.CN1CCC(C(C)(C)C)CC1. The van der Waals surface area contributed by atoms with E-state index in [2.05, 4.69) is 107 Å². The van der Waals surface area contributed by atoms with E-state index in [1.54, 1.807) is 0 Å². The molecule has 0 aromatic carbocycles. The Labute approximate surface area is 316 Å². The Morgan fingerprint density at radius 2 is 0.824 bits per heavy atom. The molecule has 0 aromatic heterocycles. The standard InChI is InChI=1S/C12H23F2N.C11H21F2N.C10H21N.C9H19N.CH4/c1-11(2,3)10-5-7-15(8-6-10)9-12(4,13)14;1-11(2,3)9-4-6-14(7-5-9)8-10(12)13;1-10(2,3)9-5-7-11(4)8-6-9;1-5-10-6-8(7-10)9(2,3)4;/h10H,5-9H2,1-4H3;9-10H,4-8H2,1-3H3;9H,5-8H2,1-4H3;8H,5-7H2,1-4H3;1H4. The summed E-state index contributed by atoms with van der Waals surface area (Å²) in [5, 5.41) is 0. The summed E-state index contributed by atoms with van der Waals surface area (Å²) in [6.45, 7) is 40.4. The molecule has 0 bridgehead atoms. The van der Waals surface area contributed by atoms with Crippen molar-refractivity contribution in [3.05, 3.63) is 0 Å². The van der Waals surface area contributed by atoms with Crippen molar-refractivity contribution >= 4 is 0 Å². The summed E-state index contributed by atoms with van der Waals surface area (Å²) in [4.78, 5) is 8.70. The van der Waals surface area contributed by atoms with Gasteiger partial charge in [-0.05, 0) is 137 Å². The molecule has 0 radical (unpaired) electrons. The number of alkyl halides is 4. The lowest BCUT2D eigenvalue weighted by Crippen LogP contribution is -2.51. The Morgan fingerprint density at radius 1 is 0.510 bits per heavy atom. The van der Waals surface area contributed by atoms with Gasteiger partial charge in [0, 0.05) is 20.0 Å². The zero-order chi connectivity index (χ0) is 38.7. The fourth-order valence-electron chi connectivity index (χ4n) is 7.78. The average Bonchev–Trinajstić information content (AvgIpc) is 2.91. The van der Waals surface area contributed by atoms with Gasteiger partial charge in [-0.25, -0.2) is 17.6 Å². The minimum atomic E-state index is -2.55. The second kappa shape index (κ2) is 21.6. The fraction of sp³-hybridized carbons (Fsp3) is 1.00. The first-order valence-electron chi connectivity index (χ1n) is 20.1. The average molecular weight is 737 g/mol. The molecule has 0 amide bonds. The highest BCUT2D eigenvalue weighted by Crippen LogP contribution is 2.36. The molecule has 0 saturated carbocycles. The molecule has 4 nitrogen and oxygen atoms in total. The van der Waals surface area contributed by atoms with Crippen LogP contribution >= 0.6 is 0 Å². The third kappa shape index (κ3) is 21.3. The van der Waals surface area contributed by atoms with Crippen LogP contribution in [0.2, 0.25) is 0 Å². The molecule has 0 atom stereocenters. The molecular formula is C43H88F4N4. The van der Waals surface area contributed by atoms with Gasteiger partial charge >= 0.3 is 0 Å². The molecule has 4 fully saturated rings. The summed E-state index contributed by atoms with van der Waals surface area (Å²) in [6, 6.07) is 0. The number of hydrogen-bond acceptors (Lipinski definition) is 4. The number of piperidine rings is 3. The van der Waals surface area contributed by atoms with Crippen LogP contribution in [0.1, 0.15) is 143 Å². The summed E-state index contributed by atoms with van der Waals surface area (Å²) in [5.41, 5.74) is 1.71. The van der Waals surface area contributed by atoms with Crippen molar-refractivity contribution in [3.63, 3.8) is 0 Å². The van der Waals surface area contributed by atoms with Gasteiger partial charge in [-0.2, -0.15) is 0 Å². The molecule has 0 spiro atoms. The minimum absolute atomic E-state index is 0. The van der Waals surface area contributed by atoms with Crippen LogP contribution in [0.15, 0.2) is 0 Å². The molecule has 4 heterocycles. The van der Waals surface area contributed by atoms with E-state index in [0.717, 1.165) is 70.6 Å². The van der Waals surface area contributed by atoms with Gasteiger partial charge in [0.25, 0.3) is 12.3 Å². The number of nitrogens with zero attached hydrogens (tertiary/aromatic N) is 4. The summed E-state index contributed by atoms with van der Waals surface area (Å²) in [5.74, 6) is 0.705. The van der Waals surface area contributed by atoms with Crippen molar-refractivity contribution in [2.75, 3.05) is 79.0 Å². The zero-order valence-electron chi connectivity index (χ0n) is 35.7. The molecule has 8 heteroatoms. The summed E-state index contributed by atoms with van der Waals surface area (Å²) in [7, 11) is 2.22. The Balaban J connectivity index is 0.000000657. The minimum Gasteiger partial charge on any atom is -0.306 e.